The lowest BCUT2D eigenvalue weighted by Gasteiger charge is -2.27. The minimum Gasteiger partial charge on any atom is -0.336 e. The van der Waals surface area contributed by atoms with Gasteiger partial charge in [-0.1, -0.05) is 11.6 Å². The number of pyridine rings is 1. The molecule has 1 aliphatic rings. The molecule has 0 aliphatic carbocycles. The minimum atomic E-state index is -3.29. The van der Waals surface area contributed by atoms with Crippen molar-refractivity contribution in [2.45, 2.75) is 4.90 Å². The monoisotopic (exact) mass is 418 g/mol. The van der Waals surface area contributed by atoms with Crippen LogP contribution in [0.2, 0.25) is 5.15 Å². The quantitative estimate of drug-likeness (QED) is 0.659. The molecule has 1 N–H and O–H groups in total. The van der Waals surface area contributed by atoms with Crippen molar-refractivity contribution >= 4 is 38.2 Å². The highest BCUT2D eigenvalue weighted by Gasteiger charge is 2.24. The normalized spacial score (nSPS) is 15.1. The molecular formula is C19H19ClN4O3S. The molecule has 9 heteroatoms. The van der Waals surface area contributed by atoms with Gasteiger partial charge < -0.3 is 14.8 Å². The Hall–Kier alpha value is -2.42. The van der Waals surface area contributed by atoms with Gasteiger partial charge in [0.2, 0.25) is 0 Å². The number of nitrogens with one attached hydrogen (secondary N) is 1. The van der Waals surface area contributed by atoms with Gasteiger partial charge in [0.05, 0.1) is 16.0 Å². The number of carbonyl (C=O) groups is 1. The standard InChI is InChI=1S/C19H19ClN4O3S/c1-28(26,27)14-4-2-13(3-5-14)24-12-16(15-6-7-22-18(20)17(15)24)19(25)23-10-8-21-9-11-23/h2-7,12,21H,8-11H2,1H3. The first-order valence-corrected chi connectivity index (χ1v) is 11.1. The molecule has 28 heavy (non-hydrogen) atoms. The second-order valence-electron chi connectivity index (χ2n) is 6.72. The number of benzene rings is 1. The number of hydrogen-bond acceptors (Lipinski definition) is 5. The molecule has 0 atom stereocenters. The molecule has 0 spiro atoms. The summed E-state index contributed by atoms with van der Waals surface area (Å²) in [5.74, 6) is -0.0553. The average Bonchev–Trinajstić information content (AvgIpc) is 3.08. The number of carbonyl (C=O) groups excluding carboxylic acids is 1. The molecule has 146 valence electrons. The third-order valence-electron chi connectivity index (χ3n) is 4.85. The number of rotatable bonds is 3. The molecule has 0 saturated carbocycles. The van der Waals surface area contributed by atoms with E-state index in [0.29, 0.717) is 29.9 Å². The van der Waals surface area contributed by atoms with Gasteiger partial charge in [-0.3, -0.25) is 4.79 Å². The van der Waals surface area contributed by atoms with Gasteiger partial charge in [0.15, 0.2) is 15.0 Å². The molecule has 1 amide bonds. The summed E-state index contributed by atoms with van der Waals surface area (Å²) in [5.41, 5.74) is 1.87. The van der Waals surface area contributed by atoms with E-state index in [2.05, 4.69) is 10.3 Å². The van der Waals surface area contributed by atoms with Crippen LogP contribution in [0.1, 0.15) is 10.4 Å². The van der Waals surface area contributed by atoms with Crippen LogP contribution in [0.5, 0.6) is 0 Å². The van der Waals surface area contributed by atoms with Crippen LogP contribution < -0.4 is 5.32 Å². The van der Waals surface area contributed by atoms with Crippen molar-refractivity contribution in [1.29, 1.82) is 0 Å². The first-order valence-electron chi connectivity index (χ1n) is 8.82. The SMILES string of the molecule is CS(=O)(=O)c1ccc(-n2cc(C(=O)N3CCNCC3)c3ccnc(Cl)c32)cc1. The molecule has 3 heterocycles. The number of aromatic nitrogens is 2. The number of fused-ring (bicyclic) bond motifs is 1. The molecule has 7 nitrogen and oxygen atoms in total. The van der Waals surface area contributed by atoms with Gasteiger partial charge in [0.25, 0.3) is 5.91 Å². The first-order chi connectivity index (χ1) is 13.4. The van der Waals surface area contributed by atoms with E-state index in [4.69, 9.17) is 11.6 Å². The van der Waals surface area contributed by atoms with E-state index in [-0.39, 0.29) is 16.0 Å². The van der Waals surface area contributed by atoms with E-state index in [0.717, 1.165) is 24.7 Å². The van der Waals surface area contributed by atoms with E-state index in [9.17, 15) is 13.2 Å². The van der Waals surface area contributed by atoms with Crippen molar-refractivity contribution in [3.8, 4) is 5.69 Å². The summed E-state index contributed by atoms with van der Waals surface area (Å²) < 4.78 is 25.2. The van der Waals surface area contributed by atoms with E-state index in [1.54, 1.807) is 47.3 Å². The Morgan fingerprint density at radius 1 is 1.14 bits per heavy atom. The summed E-state index contributed by atoms with van der Waals surface area (Å²) in [6, 6.07) is 8.24. The zero-order chi connectivity index (χ0) is 19.9. The van der Waals surface area contributed by atoms with E-state index >= 15 is 0 Å². The van der Waals surface area contributed by atoms with Crippen molar-refractivity contribution in [2.24, 2.45) is 0 Å². The Bertz CT molecular complexity index is 1150. The van der Waals surface area contributed by atoms with Crippen LogP contribution in [0, 0.1) is 0 Å². The Morgan fingerprint density at radius 2 is 1.82 bits per heavy atom. The number of sulfone groups is 1. The highest BCUT2D eigenvalue weighted by atomic mass is 35.5. The molecule has 2 aromatic heterocycles. The number of hydrogen-bond donors (Lipinski definition) is 1. The highest BCUT2D eigenvalue weighted by Crippen LogP contribution is 2.30. The number of nitrogens with zero attached hydrogens (tertiary/aromatic N) is 3. The first kappa shape index (κ1) is 18.9. The lowest BCUT2D eigenvalue weighted by Crippen LogP contribution is -2.46. The van der Waals surface area contributed by atoms with E-state index < -0.39 is 9.84 Å². The van der Waals surface area contributed by atoms with Crippen molar-refractivity contribution in [3.63, 3.8) is 0 Å². The molecular weight excluding hydrogens is 400 g/mol. The van der Waals surface area contributed by atoms with Crippen LogP contribution in [-0.4, -0.2) is 61.2 Å². The number of amides is 1. The molecule has 3 aromatic rings. The number of halogens is 1. The number of piperazine rings is 1. The zero-order valence-corrected chi connectivity index (χ0v) is 16.8. The largest absolute Gasteiger partial charge is 0.336 e. The lowest BCUT2D eigenvalue weighted by atomic mass is 10.2. The van der Waals surface area contributed by atoms with Gasteiger partial charge in [-0.2, -0.15) is 0 Å². The van der Waals surface area contributed by atoms with E-state index in [1.165, 1.54) is 0 Å². The van der Waals surface area contributed by atoms with Crippen LogP contribution in [0.4, 0.5) is 0 Å². The van der Waals surface area contributed by atoms with Crippen LogP contribution in [0.15, 0.2) is 47.6 Å². The van der Waals surface area contributed by atoms with Crippen molar-refractivity contribution in [1.82, 2.24) is 19.8 Å². The third-order valence-corrected chi connectivity index (χ3v) is 6.25. The van der Waals surface area contributed by atoms with E-state index in [1.807, 2.05) is 4.90 Å². The summed E-state index contributed by atoms with van der Waals surface area (Å²) in [6.07, 6.45) is 4.49. The highest BCUT2D eigenvalue weighted by molar-refractivity contribution is 7.90. The van der Waals surface area contributed by atoms with Crippen molar-refractivity contribution in [2.75, 3.05) is 32.4 Å². The maximum absolute atomic E-state index is 13.1. The van der Waals surface area contributed by atoms with Crippen LogP contribution in [0.25, 0.3) is 16.6 Å². The summed E-state index contributed by atoms with van der Waals surface area (Å²) in [5, 5.41) is 4.24. The summed E-state index contributed by atoms with van der Waals surface area (Å²) in [7, 11) is -3.29. The minimum absolute atomic E-state index is 0.0553. The Balaban J connectivity index is 1.84. The van der Waals surface area contributed by atoms with Gasteiger partial charge in [-0.05, 0) is 30.3 Å². The van der Waals surface area contributed by atoms with Gasteiger partial charge >= 0.3 is 0 Å². The third kappa shape index (κ3) is 3.39. The molecule has 0 bridgehead atoms. The summed E-state index contributed by atoms with van der Waals surface area (Å²) in [6.45, 7) is 2.82. The second-order valence-corrected chi connectivity index (χ2v) is 9.09. The van der Waals surface area contributed by atoms with Crippen LogP contribution in [0.3, 0.4) is 0 Å². The second kappa shape index (κ2) is 7.20. The van der Waals surface area contributed by atoms with Crippen LogP contribution in [-0.2, 0) is 9.84 Å². The van der Waals surface area contributed by atoms with Crippen molar-refractivity contribution in [3.05, 3.63) is 53.4 Å². The molecule has 1 aliphatic heterocycles. The fourth-order valence-electron chi connectivity index (χ4n) is 3.40. The average molecular weight is 419 g/mol. The maximum atomic E-state index is 13.1. The predicted octanol–water partition coefficient (Wildman–Crippen LogP) is 2.13. The molecule has 0 radical (unpaired) electrons. The molecule has 1 saturated heterocycles. The summed E-state index contributed by atoms with van der Waals surface area (Å²) in [4.78, 5) is 19.3. The lowest BCUT2D eigenvalue weighted by molar-refractivity contribution is 0.0737. The molecule has 4 rings (SSSR count). The molecule has 0 unspecified atom stereocenters. The smallest absolute Gasteiger partial charge is 0.256 e. The van der Waals surface area contributed by atoms with Crippen LogP contribution >= 0.6 is 11.6 Å². The summed E-state index contributed by atoms with van der Waals surface area (Å²) >= 11 is 6.36. The maximum Gasteiger partial charge on any atom is 0.256 e. The molecule has 1 aromatic carbocycles. The van der Waals surface area contributed by atoms with Gasteiger partial charge in [-0.25, -0.2) is 13.4 Å². The zero-order valence-electron chi connectivity index (χ0n) is 15.2. The fourth-order valence-corrected chi connectivity index (χ4v) is 4.28. The Morgan fingerprint density at radius 3 is 2.46 bits per heavy atom. The fraction of sp³-hybridized carbons (Fsp3) is 0.263. The van der Waals surface area contributed by atoms with Gasteiger partial charge in [0, 0.05) is 55.9 Å². The van der Waals surface area contributed by atoms with Crippen molar-refractivity contribution < 1.29 is 13.2 Å². The Labute approximate surface area is 167 Å². The topological polar surface area (TPSA) is 84.3 Å². The Kier molecular flexibility index (Phi) is 4.86. The van der Waals surface area contributed by atoms with Gasteiger partial charge in [0.1, 0.15) is 0 Å². The van der Waals surface area contributed by atoms with Gasteiger partial charge in [-0.15, -0.1) is 0 Å². The molecule has 1 fully saturated rings. The predicted molar refractivity (Wildman–Crippen MR) is 108 cm³/mol.